The van der Waals surface area contributed by atoms with Crippen LogP contribution >= 0.6 is 0 Å². The van der Waals surface area contributed by atoms with Crippen LogP contribution in [0.25, 0.3) is 10.9 Å². The molecule has 1 heterocycles. The van der Waals surface area contributed by atoms with Crippen molar-refractivity contribution < 1.29 is 19.0 Å². The number of fused-ring (bicyclic) bond motifs is 1. The van der Waals surface area contributed by atoms with E-state index in [2.05, 4.69) is 10.3 Å². The van der Waals surface area contributed by atoms with Crippen LogP contribution in [0.1, 0.15) is 11.1 Å². The molecule has 0 fully saturated rings. The third kappa shape index (κ3) is 3.18. The van der Waals surface area contributed by atoms with Gasteiger partial charge in [-0.1, -0.05) is 18.2 Å². The van der Waals surface area contributed by atoms with Gasteiger partial charge in [0.1, 0.15) is 0 Å². The lowest BCUT2D eigenvalue weighted by atomic mass is 10.1. The van der Waals surface area contributed by atoms with E-state index in [1.807, 2.05) is 43.5 Å². The summed E-state index contributed by atoms with van der Waals surface area (Å²) in [7, 11) is 4.70. The van der Waals surface area contributed by atoms with Gasteiger partial charge < -0.3 is 24.5 Å². The summed E-state index contributed by atoms with van der Waals surface area (Å²) in [6.45, 7) is 1.96. The number of carbonyl (C=O) groups excluding carboxylic acids is 1. The number of para-hydroxylation sites is 1. The number of benzene rings is 2. The maximum Gasteiger partial charge on any atom is 0.228 e. The van der Waals surface area contributed by atoms with E-state index in [0.717, 1.165) is 27.7 Å². The van der Waals surface area contributed by atoms with Gasteiger partial charge in [0, 0.05) is 23.3 Å². The summed E-state index contributed by atoms with van der Waals surface area (Å²) in [6, 6.07) is 9.52. The number of hydrogen-bond donors (Lipinski definition) is 2. The third-order valence-corrected chi connectivity index (χ3v) is 4.32. The van der Waals surface area contributed by atoms with Crippen LogP contribution in [-0.4, -0.2) is 32.2 Å². The van der Waals surface area contributed by atoms with E-state index >= 15 is 0 Å². The van der Waals surface area contributed by atoms with E-state index in [9.17, 15) is 4.79 Å². The molecular weight excluding hydrogens is 332 g/mol. The van der Waals surface area contributed by atoms with Crippen molar-refractivity contribution in [2.75, 3.05) is 26.6 Å². The van der Waals surface area contributed by atoms with Gasteiger partial charge >= 0.3 is 0 Å². The molecule has 0 unspecified atom stereocenters. The standard InChI is InChI=1S/C20H22N2O4/c1-12-7-5-6-8-14(12)22-17(23)9-13-11-21-15-10-16(24-2)19(25-3)20(26-4)18(13)15/h5-8,10-11,21H,9H2,1-4H3,(H,22,23). The van der Waals surface area contributed by atoms with E-state index in [4.69, 9.17) is 14.2 Å². The minimum absolute atomic E-state index is 0.1000. The number of H-pyrrole nitrogens is 1. The minimum Gasteiger partial charge on any atom is -0.493 e. The molecule has 3 rings (SSSR count). The smallest absolute Gasteiger partial charge is 0.228 e. The van der Waals surface area contributed by atoms with Gasteiger partial charge in [0.25, 0.3) is 0 Å². The molecule has 0 aliphatic heterocycles. The van der Waals surface area contributed by atoms with Gasteiger partial charge in [0.05, 0.1) is 33.3 Å². The normalized spacial score (nSPS) is 10.6. The molecule has 0 aliphatic rings. The zero-order chi connectivity index (χ0) is 18.7. The average molecular weight is 354 g/mol. The Morgan fingerprint density at radius 1 is 1.08 bits per heavy atom. The molecule has 0 saturated heterocycles. The lowest BCUT2D eigenvalue weighted by Crippen LogP contribution is -2.15. The Bertz CT molecular complexity index is 946. The second-order valence-corrected chi connectivity index (χ2v) is 5.92. The van der Waals surface area contributed by atoms with Crippen molar-refractivity contribution in [3.63, 3.8) is 0 Å². The molecule has 0 saturated carbocycles. The van der Waals surface area contributed by atoms with Gasteiger partial charge in [-0.2, -0.15) is 0 Å². The van der Waals surface area contributed by atoms with Crippen LogP contribution in [0.2, 0.25) is 0 Å². The van der Waals surface area contributed by atoms with Gasteiger partial charge in [-0.05, 0) is 24.1 Å². The molecule has 0 radical (unpaired) electrons. The van der Waals surface area contributed by atoms with Gasteiger partial charge in [-0.15, -0.1) is 0 Å². The van der Waals surface area contributed by atoms with Gasteiger partial charge in [-0.25, -0.2) is 0 Å². The second kappa shape index (κ2) is 7.39. The fraction of sp³-hybridized carbons (Fsp3) is 0.250. The molecule has 136 valence electrons. The molecular formula is C20H22N2O4. The first-order chi connectivity index (χ1) is 12.6. The number of aromatic amines is 1. The molecule has 26 heavy (non-hydrogen) atoms. The van der Waals surface area contributed by atoms with Gasteiger partial charge in [0.15, 0.2) is 11.5 Å². The first-order valence-corrected chi connectivity index (χ1v) is 8.23. The van der Waals surface area contributed by atoms with Crippen molar-refractivity contribution in [3.05, 3.63) is 47.7 Å². The van der Waals surface area contributed by atoms with Crippen molar-refractivity contribution in [3.8, 4) is 17.2 Å². The Kier molecular flexibility index (Phi) is 5.02. The molecule has 2 aromatic carbocycles. The second-order valence-electron chi connectivity index (χ2n) is 5.92. The van der Waals surface area contributed by atoms with E-state index in [1.54, 1.807) is 21.3 Å². The quantitative estimate of drug-likeness (QED) is 0.708. The Morgan fingerprint density at radius 2 is 1.81 bits per heavy atom. The molecule has 0 bridgehead atoms. The summed E-state index contributed by atoms with van der Waals surface area (Å²) in [6.07, 6.45) is 2.02. The summed E-state index contributed by atoms with van der Waals surface area (Å²) < 4.78 is 16.4. The highest BCUT2D eigenvalue weighted by Gasteiger charge is 2.20. The lowest BCUT2D eigenvalue weighted by Gasteiger charge is -2.14. The largest absolute Gasteiger partial charge is 0.493 e. The summed E-state index contributed by atoms with van der Waals surface area (Å²) in [5.41, 5.74) is 3.47. The molecule has 6 nitrogen and oxygen atoms in total. The monoisotopic (exact) mass is 354 g/mol. The van der Waals surface area contributed by atoms with Crippen molar-refractivity contribution in [1.29, 1.82) is 0 Å². The minimum atomic E-state index is -0.1000. The predicted octanol–water partition coefficient (Wildman–Crippen LogP) is 3.68. The van der Waals surface area contributed by atoms with E-state index in [-0.39, 0.29) is 12.3 Å². The highest BCUT2D eigenvalue weighted by molar-refractivity contribution is 5.99. The molecule has 3 aromatic rings. The highest BCUT2D eigenvalue weighted by atomic mass is 16.5. The molecule has 0 aliphatic carbocycles. The topological polar surface area (TPSA) is 72.6 Å². The number of methoxy groups -OCH3 is 3. The van der Waals surface area contributed by atoms with Crippen molar-refractivity contribution >= 4 is 22.5 Å². The van der Waals surface area contributed by atoms with Gasteiger partial charge in [-0.3, -0.25) is 4.79 Å². The Balaban J connectivity index is 1.95. The van der Waals surface area contributed by atoms with E-state index < -0.39 is 0 Å². The fourth-order valence-corrected chi connectivity index (χ4v) is 3.05. The average Bonchev–Trinajstić information content (AvgIpc) is 3.04. The summed E-state index contributed by atoms with van der Waals surface area (Å²) in [4.78, 5) is 15.7. The molecule has 1 amide bonds. The van der Waals surface area contributed by atoms with Crippen LogP contribution in [0.3, 0.4) is 0 Å². The van der Waals surface area contributed by atoms with Crippen LogP contribution in [0, 0.1) is 6.92 Å². The lowest BCUT2D eigenvalue weighted by molar-refractivity contribution is -0.115. The maximum absolute atomic E-state index is 12.5. The third-order valence-electron chi connectivity index (χ3n) is 4.32. The number of aromatic nitrogens is 1. The number of amides is 1. The van der Waals surface area contributed by atoms with E-state index in [0.29, 0.717) is 17.2 Å². The number of aryl methyl sites for hydroxylation is 1. The van der Waals surface area contributed by atoms with Crippen molar-refractivity contribution in [2.24, 2.45) is 0 Å². The number of rotatable bonds is 6. The van der Waals surface area contributed by atoms with Crippen molar-refractivity contribution in [1.82, 2.24) is 4.98 Å². The number of ether oxygens (including phenoxy) is 3. The molecule has 2 N–H and O–H groups in total. The van der Waals surface area contributed by atoms with E-state index in [1.165, 1.54) is 0 Å². The van der Waals surface area contributed by atoms with Gasteiger partial charge in [0.2, 0.25) is 11.7 Å². The molecule has 1 aromatic heterocycles. The zero-order valence-corrected chi connectivity index (χ0v) is 15.3. The summed E-state index contributed by atoms with van der Waals surface area (Å²) >= 11 is 0. The fourth-order valence-electron chi connectivity index (χ4n) is 3.05. The van der Waals surface area contributed by atoms with Crippen LogP contribution < -0.4 is 19.5 Å². The Morgan fingerprint density at radius 3 is 2.46 bits per heavy atom. The Labute approximate surface area is 152 Å². The number of anilines is 1. The first-order valence-electron chi connectivity index (χ1n) is 8.23. The van der Waals surface area contributed by atoms with Crippen molar-refractivity contribution in [2.45, 2.75) is 13.3 Å². The maximum atomic E-state index is 12.5. The highest BCUT2D eigenvalue weighted by Crippen LogP contribution is 2.44. The number of carbonyl (C=O) groups is 1. The number of nitrogens with one attached hydrogen (secondary N) is 2. The summed E-state index contributed by atoms with van der Waals surface area (Å²) in [5, 5.41) is 3.76. The predicted molar refractivity (Wildman–Crippen MR) is 101 cm³/mol. The first kappa shape index (κ1) is 17.7. The zero-order valence-electron chi connectivity index (χ0n) is 15.3. The van der Waals surface area contributed by atoms with Crippen LogP contribution in [0.15, 0.2) is 36.5 Å². The molecule has 0 spiro atoms. The Hall–Kier alpha value is -3.15. The van der Waals surface area contributed by atoms with Crippen LogP contribution in [-0.2, 0) is 11.2 Å². The molecule has 0 atom stereocenters. The van der Waals surface area contributed by atoms with Crippen LogP contribution in [0.5, 0.6) is 17.2 Å². The SMILES string of the molecule is COc1cc2[nH]cc(CC(=O)Nc3ccccc3C)c2c(OC)c1OC. The number of hydrogen-bond acceptors (Lipinski definition) is 4. The van der Waals surface area contributed by atoms with Crippen LogP contribution in [0.4, 0.5) is 5.69 Å². The molecule has 6 heteroatoms. The summed E-state index contributed by atoms with van der Waals surface area (Å²) in [5.74, 6) is 1.51.